The van der Waals surface area contributed by atoms with Crippen molar-refractivity contribution < 1.29 is 18.0 Å². The summed E-state index contributed by atoms with van der Waals surface area (Å²) in [6.45, 7) is 0.906. The molecular formula is C16H19ClF3N5O. The zero-order chi connectivity index (χ0) is 18.0. The number of hydrogen-bond acceptors (Lipinski definition) is 4. The van der Waals surface area contributed by atoms with Crippen molar-refractivity contribution in [3.05, 3.63) is 41.7 Å². The molecule has 0 spiro atoms. The highest BCUT2D eigenvalue weighted by atomic mass is 35.5. The predicted molar refractivity (Wildman–Crippen MR) is 91.3 cm³/mol. The summed E-state index contributed by atoms with van der Waals surface area (Å²) in [7, 11) is 0. The van der Waals surface area contributed by atoms with Crippen LogP contribution in [0.1, 0.15) is 35.3 Å². The largest absolute Gasteiger partial charge is 0.418 e. The number of likely N-dealkylation sites (tertiary alicyclic amines) is 1. The van der Waals surface area contributed by atoms with Gasteiger partial charge in [-0.2, -0.15) is 13.2 Å². The average molecular weight is 390 g/mol. The number of nitrogens with two attached hydrogens (primary N) is 1. The van der Waals surface area contributed by atoms with Gasteiger partial charge >= 0.3 is 6.18 Å². The molecule has 2 N–H and O–H groups in total. The Morgan fingerprint density at radius 1 is 1.27 bits per heavy atom. The Kier molecular flexibility index (Phi) is 6.25. The van der Waals surface area contributed by atoms with Crippen molar-refractivity contribution in [2.45, 2.75) is 31.5 Å². The van der Waals surface area contributed by atoms with Gasteiger partial charge in [0.2, 0.25) is 0 Å². The van der Waals surface area contributed by atoms with Crippen molar-refractivity contribution in [2.24, 2.45) is 5.73 Å². The second kappa shape index (κ2) is 8.05. The molecule has 6 nitrogen and oxygen atoms in total. The lowest BCUT2D eigenvalue weighted by atomic mass is 10.0. The zero-order valence-electron chi connectivity index (χ0n) is 13.8. The van der Waals surface area contributed by atoms with Gasteiger partial charge in [-0.05, 0) is 31.4 Å². The summed E-state index contributed by atoms with van der Waals surface area (Å²) < 4.78 is 40.4. The molecule has 142 valence electrons. The minimum Gasteiger partial charge on any atom is -0.333 e. The summed E-state index contributed by atoms with van der Waals surface area (Å²) in [4.78, 5) is 14.3. The van der Waals surface area contributed by atoms with Crippen molar-refractivity contribution >= 4 is 18.3 Å². The fraction of sp³-hybridized carbons (Fsp3) is 0.438. The van der Waals surface area contributed by atoms with E-state index < -0.39 is 11.7 Å². The van der Waals surface area contributed by atoms with Crippen LogP contribution in [0.2, 0.25) is 0 Å². The summed E-state index contributed by atoms with van der Waals surface area (Å²) in [6, 6.07) is 4.95. The highest BCUT2D eigenvalue weighted by Gasteiger charge is 2.34. The first-order valence-corrected chi connectivity index (χ1v) is 8.02. The number of para-hydroxylation sites is 1. The summed E-state index contributed by atoms with van der Waals surface area (Å²) in [5.74, 6) is -0.356. The van der Waals surface area contributed by atoms with Gasteiger partial charge in [-0.1, -0.05) is 17.3 Å². The first-order valence-electron chi connectivity index (χ1n) is 8.02. The summed E-state index contributed by atoms with van der Waals surface area (Å²) >= 11 is 0. The Balaban J connectivity index is 0.00000243. The molecule has 0 radical (unpaired) electrons. The number of aromatic nitrogens is 3. The van der Waals surface area contributed by atoms with Crippen LogP contribution in [0.15, 0.2) is 30.5 Å². The minimum atomic E-state index is -4.52. The number of nitrogens with zero attached hydrogens (tertiary/aromatic N) is 4. The number of alkyl halides is 3. The van der Waals surface area contributed by atoms with Gasteiger partial charge in [0.15, 0.2) is 5.69 Å². The molecule has 1 aliphatic rings. The van der Waals surface area contributed by atoms with Crippen LogP contribution >= 0.6 is 12.4 Å². The topological polar surface area (TPSA) is 77.0 Å². The summed E-state index contributed by atoms with van der Waals surface area (Å²) in [6.07, 6.45) is -0.614. The minimum absolute atomic E-state index is 0. The van der Waals surface area contributed by atoms with Crippen LogP contribution in [-0.4, -0.2) is 44.9 Å². The van der Waals surface area contributed by atoms with E-state index in [1.165, 1.54) is 24.4 Å². The number of rotatable bonds is 3. The van der Waals surface area contributed by atoms with E-state index in [0.717, 1.165) is 30.0 Å². The van der Waals surface area contributed by atoms with E-state index in [1.54, 1.807) is 4.90 Å². The van der Waals surface area contributed by atoms with Crippen molar-refractivity contribution in [3.63, 3.8) is 0 Å². The second-order valence-corrected chi connectivity index (χ2v) is 5.95. The number of carbonyl (C=O) groups excluding carboxylic acids is 1. The molecule has 1 amide bonds. The third-order valence-corrected chi connectivity index (χ3v) is 4.33. The predicted octanol–water partition coefficient (Wildman–Crippen LogP) is 2.66. The number of hydrogen-bond donors (Lipinski definition) is 1. The van der Waals surface area contributed by atoms with E-state index >= 15 is 0 Å². The van der Waals surface area contributed by atoms with Gasteiger partial charge in [0, 0.05) is 19.1 Å². The van der Waals surface area contributed by atoms with E-state index in [2.05, 4.69) is 10.3 Å². The van der Waals surface area contributed by atoms with Crippen LogP contribution in [0, 0.1) is 0 Å². The summed E-state index contributed by atoms with van der Waals surface area (Å²) in [5, 5.41) is 7.49. The van der Waals surface area contributed by atoms with Crippen LogP contribution < -0.4 is 5.73 Å². The molecule has 0 bridgehead atoms. The Labute approximate surface area is 154 Å². The fourth-order valence-electron chi connectivity index (χ4n) is 3.05. The molecule has 10 heteroatoms. The highest BCUT2D eigenvalue weighted by Crippen LogP contribution is 2.33. The molecule has 0 aliphatic carbocycles. The van der Waals surface area contributed by atoms with Crippen LogP contribution in [0.5, 0.6) is 0 Å². The van der Waals surface area contributed by atoms with Crippen LogP contribution in [-0.2, 0) is 6.18 Å². The third-order valence-electron chi connectivity index (χ3n) is 4.33. The smallest absolute Gasteiger partial charge is 0.333 e. The van der Waals surface area contributed by atoms with E-state index in [9.17, 15) is 18.0 Å². The van der Waals surface area contributed by atoms with Gasteiger partial charge in [-0.25, -0.2) is 4.68 Å². The van der Waals surface area contributed by atoms with E-state index in [0.29, 0.717) is 13.1 Å². The number of carbonyl (C=O) groups is 1. The Hall–Kier alpha value is -2.13. The van der Waals surface area contributed by atoms with Gasteiger partial charge in [0.1, 0.15) is 0 Å². The summed E-state index contributed by atoms with van der Waals surface area (Å²) in [5.41, 5.74) is 4.72. The molecule has 1 aromatic heterocycles. The van der Waals surface area contributed by atoms with Crippen LogP contribution in [0.3, 0.4) is 0 Å². The quantitative estimate of drug-likeness (QED) is 0.875. The van der Waals surface area contributed by atoms with Crippen molar-refractivity contribution in [3.8, 4) is 5.69 Å². The molecule has 1 fully saturated rings. The van der Waals surface area contributed by atoms with Gasteiger partial charge in [0.05, 0.1) is 17.4 Å². The van der Waals surface area contributed by atoms with E-state index in [1.807, 2.05) is 0 Å². The van der Waals surface area contributed by atoms with Gasteiger partial charge < -0.3 is 10.6 Å². The van der Waals surface area contributed by atoms with Gasteiger partial charge in [0.25, 0.3) is 5.91 Å². The molecule has 1 saturated heterocycles. The monoisotopic (exact) mass is 389 g/mol. The molecule has 26 heavy (non-hydrogen) atoms. The fourth-order valence-corrected chi connectivity index (χ4v) is 3.05. The van der Waals surface area contributed by atoms with Crippen LogP contribution in [0.4, 0.5) is 13.2 Å². The molecule has 3 rings (SSSR count). The van der Waals surface area contributed by atoms with E-state index in [-0.39, 0.29) is 35.7 Å². The third kappa shape index (κ3) is 3.99. The number of benzene rings is 1. The molecule has 1 atom stereocenters. The SMILES string of the molecule is Cl.NCC1CCCCN1C(=O)c1cn(-c2ccccc2C(F)(F)F)nn1. The first-order chi connectivity index (χ1) is 11.9. The Bertz CT molecular complexity index is 764. The molecular weight excluding hydrogens is 371 g/mol. The number of halogens is 4. The van der Waals surface area contributed by atoms with Crippen molar-refractivity contribution in [1.29, 1.82) is 0 Å². The second-order valence-electron chi connectivity index (χ2n) is 5.95. The maximum absolute atomic E-state index is 13.1. The maximum atomic E-state index is 13.1. The maximum Gasteiger partial charge on any atom is 0.418 e. The average Bonchev–Trinajstić information content (AvgIpc) is 3.10. The number of amides is 1. The van der Waals surface area contributed by atoms with Crippen LogP contribution in [0.25, 0.3) is 5.69 Å². The molecule has 2 heterocycles. The Morgan fingerprint density at radius 3 is 2.69 bits per heavy atom. The van der Waals surface area contributed by atoms with Crippen molar-refractivity contribution in [1.82, 2.24) is 19.9 Å². The van der Waals surface area contributed by atoms with Gasteiger partial charge in [-0.15, -0.1) is 17.5 Å². The molecule has 1 unspecified atom stereocenters. The number of piperidine rings is 1. The molecule has 2 aromatic rings. The van der Waals surface area contributed by atoms with Crippen molar-refractivity contribution in [2.75, 3.05) is 13.1 Å². The lowest BCUT2D eigenvalue weighted by Crippen LogP contribution is -2.47. The van der Waals surface area contributed by atoms with Gasteiger partial charge in [-0.3, -0.25) is 4.79 Å². The zero-order valence-corrected chi connectivity index (χ0v) is 14.6. The lowest BCUT2D eigenvalue weighted by Gasteiger charge is -2.34. The molecule has 1 aromatic carbocycles. The lowest BCUT2D eigenvalue weighted by molar-refractivity contribution is -0.137. The van der Waals surface area contributed by atoms with E-state index in [4.69, 9.17) is 5.73 Å². The standard InChI is InChI=1S/C16H18F3N5O.ClH/c17-16(18,19)12-6-1-2-7-14(12)24-10-13(21-22-24)15(25)23-8-4-3-5-11(23)9-20;/h1-2,6-7,10-11H,3-5,8-9,20H2;1H. The molecule has 1 aliphatic heterocycles. The normalized spacial score (nSPS) is 17.7. The molecule has 0 saturated carbocycles. The Morgan fingerprint density at radius 2 is 2.00 bits per heavy atom. The highest BCUT2D eigenvalue weighted by molar-refractivity contribution is 5.92. The first kappa shape index (κ1) is 20.2.